The number of nitrogens with one attached hydrogen (secondary N) is 1. The average molecular weight is 370 g/mol. The zero-order valence-corrected chi connectivity index (χ0v) is 15.2. The van der Waals surface area contributed by atoms with Gasteiger partial charge in [-0.3, -0.25) is 9.59 Å². The van der Waals surface area contributed by atoms with Crippen LogP contribution in [0, 0.1) is 0 Å². The molecule has 0 saturated heterocycles. The Hall–Kier alpha value is -3.06. The number of hydrogen-bond acceptors (Lipinski definition) is 5. The Labute approximate surface area is 157 Å². The third-order valence-electron chi connectivity index (χ3n) is 4.56. The fraction of sp³-hybridized carbons (Fsp3) is 0.300. The summed E-state index contributed by atoms with van der Waals surface area (Å²) in [5.74, 6) is -0.0674. The Morgan fingerprint density at radius 1 is 1.30 bits per heavy atom. The van der Waals surface area contributed by atoms with Crippen molar-refractivity contribution in [2.45, 2.75) is 18.9 Å². The minimum absolute atomic E-state index is 0.0759. The molecular formula is C20H22N2O5. The molecule has 2 aromatic carbocycles. The van der Waals surface area contributed by atoms with E-state index in [1.54, 1.807) is 12.1 Å². The van der Waals surface area contributed by atoms with Crippen molar-refractivity contribution in [1.82, 2.24) is 5.32 Å². The molecule has 1 heterocycles. The zero-order chi connectivity index (χ0) is 19.6. The van der Waals surface area contributed by atoms with E-state index in [0.717, 1.165) is 11.1 Å². The Balaban J connectivity index is 2.10. The van der Waals surface area contributed by atoms with Gasteiger partial charge in [0.25, 0.3) is 5.91 Å². The number of nitrogens with two attached hydrogens (primary N) is 1. The number of hydrogen-bond donors (Lipinski definition) is 3. The summed E-state index contributed by atoms with van der Waals surface area (Å²) in [5, 5.41) is 11.5. The fourth-order valence-electron chi connectivity index (χ4n) is 3.38. The summed E-state index contributed by atoms with van der Waals surface area (Å²) in [5.41, 5.74) is 7.65. The summed E-state index contributed by atoms with van der Waals surface area (Å²) in [6.07, 6.45) is -0.250. The summed E-state index contributed by atoms with van der Waals surface area (Å²) in [7, 11) is 1.52. The molecule has 0 saturated carbocycles. The van der Waals surface area contributed by atoms with Gasteiger partial charge in [-0.25, -0.2) is 0 Å². The zero-order valence-electron chi connectivity index (χ0n) is 15.2. The van der Waals surface area contributed by atoms with Crippen LogP contribution in [0.2, 0.25) is 0 Å². The van der Waals surface area contributed by atoms with Gasteiger partial charge in [-0.05, 0) is 36.8 Å². The first-order valence-corrected chi connectivity index (χ1v) is 8.66. The van der Waals surface area contributed by atoms with Crippen LogP contribution in [0.5, 0.6) is 11.5 Å². The first kappa shape index (κ1) is 18.7. The number of carbonyl (C=O) groups excluding carboxylic acids is 2. The smallest absolute Gasteiger partial charge is 0.254 e. The van der Waals surface area contributed by atoms with E-state index in [-0.39, 0.29) is 42.3 Å². The molecule has 0 bridgehead atoms. The number of amides is 2. The standard InChI is InChI=1S/C20H22N2O5/c1-11-17(12-4-3-5-14(8-12)26-7-6-23)15-9-13(19(21)24)10-16(18(15)27-11)20(25)22-2/h3-5,8-11,17,23H,6-7H2,1-2H3,(H2,21,24)(H,22,25)/t11-,17+/m1/s1. The number of aliphatic hydroxyl groups is 1. The van der Waals surface area contributed by atoms with Crippen molar-refractivity contribution in [3.05, 3.63) is 58.7 Å². The lowest BCUT2D eigenvalue weighted by molar-refractivity contribution is 0.0958. The van der Waals surface area contributed by atoms with Crippen LogP contribution < -0.4 is 20.5 Å². The van der Waals surface area contributed by atoms with E-state index < -0.39 is 5.91 Å². The minimum Gasteiger partial charge on any atom is -0.491 e. The maximum Gasteiger partial charge on any atom is 0.254 e. The molecule has 1 aliphatic heterocycles. The van der Waals surface area contributed by atoms with Crippen molar-refractivity contribution in [2.75, 3.05) is 20.3 Å². The molecule has 142 valence electrons. The van der Waals surface area contributed by atoms with E-state index in [0.29, 0.717) is 11.5 Å². The third kappa shape index (κ3) is 3.59. The van der Waals surface area contributed by atoms with Crippen LogP contribution in [-0.2, 0) is 0 Å². The second-order valence-corrected chi connectivity index (χ2v) is 6.33. The first-order chi connectivity index (χ1) is 13.0. The molecule has 4 N–H and O–H groups in total. The summed E-state index contributed by atoms with van der Waals surface area (Å²) >= 11 is 0. The van der Waals surface area contributed by atoms with E-state index in [4.69, 9.17) is 20.3 Å². The SMILES string of the molecule is CNC(=O)c1cc(C(N)=O)cc2c1O[C@H](C)[C@H]2c1cccc(OCCO)c1. The van der Waals surface area contributed by atoms with Gasteiger partial charge in [0.15, 0.2) is 0 Å². The van der Waals surface area contributed by atoms with E-state index in [2.05, 4.69) is 5.32 Å². The second-order valence-electron chi connectivity index (χ2n) is 6.33. The van der Waals surface area contributed by atoms with Crippen molar-refractivity contribution in [2.24, 2.45) is 5.73 Å². The summed E-state index contributed by atoms with van der Waals surface area (Å²) in [6, 6.07) is 10.6. The van der Waals surface area contributed by atoms with Crippen molar-refractivity contribution in [3.8, 4) is 11.5 Å². The van der Waals surface area contributed by atoms with Crippen molar-refractivity contribution >= 4 is 11.8 Å². The molecule has 2 atom stereocenters. The normalized spacial score (nSPS) is 17.7. The number of primary amides is 1. The van der Waals surface area contributed by atoms with Gasteiger partial charge in [-0.15, -0.1) is 0 Å². The maximum absolute atomic E-state index is 12.3. The van der Waals surface area contributed by atoms with Crippen LogP contribution in [0.1, 0.15) is 44.7 Å². The van der Waals surface area contributed by atoms with Crippen LogP contribution in [0.15, 0.2) is 36.4 Å². The molecule has 0 unspecified atom stereocenters. The van der Waals surface area contributed by atoms with Crippen LogP contribution in [-0.4, -0.2) is 43.3 Å². The predicted molar refractivity (Wildman–Crippen MR) is 99.3 cm³/mol. The Morgan fingerprint density at radius 2 is 2.07 bits per heavy atom. The molecule has 7 nitrogen and oxygen atoms in total. The molecule has 2 aromatic rings. The van der Waals surface area contributed by atoms with Crippen LogP contribution in [0.4, 0.5) is 0 Å². The molecule has 0 fully saturated rings. The lowest BCUT2D eigenvalue weighted by Gasteiger charge is -2.16. The van der Waals surface area contributed by atoms with Crippen LogP contribution >= 0.6 is 0 Å². The quantitative estimate of drug-likeness (QED) is 0.712. The average Bonchev–Trinajstić information content (AvgIpc) is 3.00. The number of fused-ring (bicyclic) bond motifs is 1. The van der Waals surface area contributed by atoms with Crippen LogP contribution in [0.3, 0.4) is 0 Å². The molecule has 0 aliphatic carbocycles. The highest BCUT2D eigenvalue weighted by molar-refractivity contribution is 6.02. The molecular weight excluding hydrogens is 348 g/mol. The monoisotopic (exact) mass is 370 g/mol. The minimum atomic E-state index is -0.610. The number of benzene rings is 2. The van der Waals surface area contributed by atoms with Gasteiger partial charge < -0.3 is 25.6 Å². The fourth-order valence-corrected chi connectivity index (χ4v) is 3.38. The van der Waals surface area contributed by atoms with E-state index in [1.165, 1.54) is 13.1 Å². The number of aliphatic hydroxyl groups excluding tert-OH is 1. The van der Waals surface area contributed by atoms with Gasteiger partial charge in [-0.1, -0.05) is 12.1 Å². The summed E-state index contributed by atoms with van der Waals surface area (Å²) < 4.78 is 11.5. The largest absolute Gasteiger partial charge is 0.491 e. The summed E-state index contributed by atoms with van der Waals surface area (Å²) in [6.45, 7) is 2.03. The van der Waals surface area contributed by atoms with E-state index in [1.807, 2.05) is 25.1 Å². The van der Waals surface area contributed by atoms with E-state index >= 15 is 0 Å². The topological polar surface area (TPSA) is 111 Å². The Kier molecular flexibility index (Phi) is 5.32. The van der Waals surface area contributed by atoms with Gasteiger partial charge in [-0.2, -0.15) is 0 Å². The number of carbonyl (C=O) groups is 2. The van der Waals surface area contributed by atoms with Gasteiger partial charge in [0.05, 0.1) is 12.2 Å². The highest BCUT2D eigenvalue weighted by Crippen LogP contribution is 2.45. The molecule has 1 aliphatic rings. The van der Waals surface area contributed by atoms with Gasteiger partial charge in [0.2, 0.25) is 5.91 Å². The van der Waals surface area contributed by atoms with Gasteiger partial charge in [0, 0.05) is 24.1 Å². The van der Waals surface area contributed by atoms with Crippen LogP contribution in [0.25, 0.3) is 0 Å². The molecule has 3 rings (SSSR count). The lowest BCUT2D eigenvalue weighted by atomic mass is 9.87. The lowest BCUT2D eigenvalue weighted by Crippen LogP contribution is -2.20. The molecule has 2 amide bonds. The Morgan fingerprint density at radius 3 is 2.74 bits per heavy atom. The second kappa shape index (κ2) is 7.67. The molecule has 27 heavy (non-hydrogen) atoms. The van der Waals surface area contributed by atoms with Crippen molar-refractivity contribution in [1.29, 1.82) is 0 Å². The Bertz CT molecular complexity index is 881. The van der Waals surface area contributed by atoms with Gasteiger partial charge >= 0.3 is 0 Å². The van der Waals surface area contributed by atoms with Crippen molar-refractivity contribution < 1.29 is 24.2 Å². The first-order valence-electron chi connectivity index (χ1n) is 8.66. The molecule has 7 heteroatoms. The highest BCUT2D eigenvalue weighted by atomic mass is 16.5. The molecule has 0 aromatic heterocycles. The highest BCUT2D eigenvalue weighted by Gasteiger charge is 2.36. The maximum atomic E-state index is 12.3. The number of ether oxygens (including phenoxy) is 2. The molecule has 0 radical (unpaired) electrons. The van der Waals surface area contributed by atoms with Crippen molar-refractivity contribution in [3.63, 3.8) is 0 Å². The van der Waals surface area contributed by atoms with Gasteiger partial charge in [0.1, 0.15) is 24.2 Å². The predicted octanol–water partition coefficient (Wildman–Crippen LogP) is 1.43. The molecule has 0 spiro atoms. The summed E-state index contributed by atoms with van der Waals surface area (Å²) in [4.78, 5) is 24.1. The third-order valence-corrected chi connectivity index (χ3v) is 4.56. The van der Waals surface area contributed by atoms with E-state index in [9.17, 15) is 9.59 Å². The number of rotatable bonds is 6.